The molecule has 0 saturated carbocycles. The van der Waals surface area contributed by atoms with Gasteiger partial charge in [-0.3, -0.25) is 0 Å². The number of tetrazole rings is 1. The van der Waals surface area contributed by atoms with Gasteiger partial charge in [-0.25, -0.2) is 9.89 Å². The van der Waals surface area contributed by atoms with Crippen molar-refractivity contribution in [2.45, 2.75) is 39.3 Å². The van der Waals surface area contributed by atoms with Gasteiger partial charge in [0.05, 0.1) is 17.0 Å². The molecule has 0 aliphatic carbocycles. The second-order valence-electron chi connectivity index (χ2n) is 11.1. The highest BCUT2D eigenvalue weighted by Gasteiger charge is 2.20. The van der Waals surface area contributed by atoms with Crippen LogP contribution >= 0.6 is 11.6 Å². The number of aromatic nitrogens is 4. The molecule has 2 amide bonds. The fourth-order valence-corrected chi connectivity index (χ4v) is 4.85. The van der Waals surface area contributed by atoms with E-state index in [0.29, 0.717) is 41.7 Å². The number of aliphatic hydroxyl groups is 1. The van der Waals surface area contributed by atoms with Crippen LogP contribution in [0.25, 0.3) is 22.5 Å². The molecule has 0 atom stereocenters. The van der Waals surface area contributed by atoms with E-state index in [2.05, 4.69) is 36.2 Å². The van der Waals surface area contributed by atoms with Gasteiger partial charge in [0, 0.05) is 29.4 Å². The third-order valence-corrected chi connectivity index (χ3v) is 7.27. The van der Waals surface area contributed by atoms with Gasteiger partial charge < -0.3 is 20.6 Å². The highest BCUT2D eigenvalue weighted by atomic mass is 35.5. The lowest BCUT2D eigenvalue weighted by atomic mass is 9.97. The molecule has 43 heavy (non-hydrogen) atoms. The van der Waals surface area contributed by atoms with Gasteiger partial charge in [0.15, 0.2) is 5.82 Å². The molecule has 9 nitrogen and oxygen atoms in total. The summed E-state index contributed by atoms with van der Waals surface area (Å²) < 4.78 is 0. The quantitative estimate of drug-likeness (QED) is 0.134. The van der Waals surface area contributed by atoms with Gasteiger partial charge >= 0.3 is 6.03 Å². The van der Waals surface area contributed by atoms with E-state index < -0.39 is 5.60 Å². The lowest BCUT2D eigenvalue weighted by Crippen LogP contribution is -2.31. The van der Waals surface area contributed by atoms with Crippen molar-refractivity contribution >= 4 is 34.7 Å². The molecule has 1 aromatic heterocycles. The average molecular weight is 596 g/mol. The number of aryl methyl sites for hydroxylation is 1. The number of carbonyl (C=O) groups excluding carboxylic acids is 1. The van der Waals surface area contributed by atoms with E-state index in [-0.39, 0.29) is 6.03 Å². The molecule has 10 heteroatoms. The van der Waals surface area contributed by atoms with Crippen LogP contribution in [-0.2, 0) is 6.54 Å². The molecule has 5 rings (SSSR count). The monoisotopic (exact) mass is 595 g/mol. The maximum Gasteiger partial charge on any atom is 0.323 e. The maximum absolute atomic E-state index is 13.3. The van der Waals surface area contributed by atoms with Gasteiger partial charge in [-0.05, 0) is 90.7 Å². The smallest absolute Gasteiger partial charge is 0.323 e. The Balaban J connectivity index is 1.55. The zero-order chi connectivity index (χ0) is 30.4. The van der Waals surface area contributed by atoms with Crippen LogP contribution in [0.4, 0.5) is 21.9 Å². The molecule has 1 heterocycles. The van der Waals surface area contributed by atoms with E-state index >= 15 is 0 Å². The predicted octanol–water partition coefficient (Wildman–Crippen LogP) is 7.31. The minimum atomic E-state index is -0.876. The minimum absolute atomic E-state index is 0.371. The lowest BCUT2D eigenvalue weighted by molar-refractivity contribution is 0.0730. The zero-order valence-electron chi connectivity index (χ0n) is 24.3. The fourth-order valence-electron chi connectivity index (χ4n) is 4.72. The molecule has 4 N–H and O–H groups in total. The first kappa shape index (κ1) is 29.8. The minimum Gasteiger partial charge on any atom is -0.390 e. The van der Waals surface area contributed by atoms with Crippen LogP contribution in [0, 0.1) is 6.92 Å². The van der Waals surface area contributed by atoms with Crippen molar-refractivity contribution in [2.24, 2.45) is 0 Å². The van der Waals surface area contributed by atoms with E-state index in [1.54, 1.807) is 13.8 Å². The Morgan fingerprint density at radius 1 is 0.953 bits per heavy atom. The molecule has 0 spiro atoms. The van der Waals surface area contributed by atoms with Crippen molar-refractivity contribution in [3.63, 3.8) is 0 Å². The summed E-state index contributed by atoms with van der Waals surface area (Å²) in [5.41, 5.74) is 5.97. The van der Waals surface area contributed by atoms with Crippen LogP contribution in [0.15, 0.2) is 91.0 Å². The highest BCUT2D eigenvalue weighted by molar-refractivity contribution is 6.30. The molecule has 220 valence electrons. The van der Waals surface area contributed by atoms with Gasteiger partial charge in [0.2, 0.25) is 0 Å². The third-order valence-electron chi connectivity index (χ3n) is 7.01. The zero-order valence-corrected chi connectivity index (χ0v) is 25.1. The van der Waals surface area contributed by atoms with E-state index in [9.17, 15) is 9.90 Å². The number of hydrogen-bond donors (Lipinski definition) is 4. The predicted molar refractivity (Wildman–Crippen MR) is 172 cm³/mol. The molecule has 0 radical (unpaired) electrons. The van der Waals surface area contributed by atoms with Crippen molar-refractivity contribution in [3.8, 4) is 22.5 Å². The standard InChI is InChI=1S/C33H34ClN7O2/c1-22-8-15-26(16-9-22)35-32(42)36-29-20-24(27-6-4-5-7-28(27)31-37-39-40-38-31)12-17-30(29)41(19-18-33(2,3)43)21-23-10-13-25(34)14-11-23/h4-17,20,43H,18-19,21H2,1-3H3,(H2,35,36,42)(H,37,38,39,40). The maximum atomic E-state index is 13.3. The number of urea groups is 1. The Morgan fingerprint density at radius 2 is 1.67 bits per heavy atom. The van der Waals surface area contributed by atoms with Gasteiger partial charge in [-0.15, -0.1) is 5.10 Å². The number of aromatic amines is 1. The molecule has 0 aliphatic heterocycles. The number of halogens is 1. The Morgan fingerprint density at radius 3 is 2.35 bits per heavy atom. The SMILES string of the molecule is Cc1ccc(NC(=O)Nc2cc(-c3ccccc3-c3nnn[nH]3)ccc2N(CCC(C)(C)O)Cc2ccc(Cl)cc2)cc1. The van der Waals surface area contributed by atoms with Crippen molar-refractivity contribution in [2.75, 3.05) is 22.1 Å². The second-order valence-corrected chi connectivity index (χ2v) is 11.5. The largest absolute Gasteiger partial charge is 0.390 e. The Kier molecular flexibility index (Phi) is 9.04. The summed E-state index contributed by atoms with van der Waals surface area (Å²) in [4.78, 5) is 15.5. The van der Waals surface area contributed by atoms with E-state index in [0.717, 1.165) is 33.5 Å². The number of rotatable bonds is 10. The number of amides is 2. The van der Waals surface area contributed by atoms with E-state index in [4.69, 9.17) is 11.6 Å². The Labute approximate surface area is 255 Å². The van der Waals surface area contributed by atoms with Gasteiger partial charge in [0.1, 0.15) is 0 Å². The summed E-state index contributed by atoms with van der Waals surface area (Å²) in [6, 6.07) is 28.7. The van der Waals surface area contributed by atoms with Crippen LogP contribution in [-0.4, -0.2) is 43.9 Å². The average Bonchev–Trinajstić information content (AvgIpc) is 3.52. The number of hydrogen-bond acceptors (Lipinski definition) is 6. The number of nitrogens with one attached hydrogen (secondary N) is 3. The number of H-pyrrole nitrogens is 1. The van der Waals surface area contributed by atoms with Crippen LogP contribution < -0.4 is 15.5 Å². The molecule has 0 unspecified atom stereocenters. The van der Waals surface area contributed by atoms with Crippen LogP contribution in [0.5, 0.6) is 0 Å². The Bertz CT molecular complexity index is 1670. The van der Waals surface area contributed by atoms with Crippen molar-refractivity contribution in [1.29, 1.82) is 0 Å². The number of anilines is 3. The van der Waals surface area contributed by atoms with Gasteiger partial charge in [-0.1, -0.05) is 71.8 Å². The molecule has 0 bridgehead atoms. The highest BCUT2D eigenvalue weighted by Crippen LogP contribution is 2.36. The van der Waals surface area contributed by atoms with Crippen LogP contribution in [0.3, 0.4) is 0 Å². The normalized spacial score (nSPS) is 11.3. The molecule has 0 saturated heterocycles. The van der Waals surface area contributed by atoms with Gasteiger partial charge in [-0.2, -0.15) is 0 Å². The number of nitrogens with zero attached hydrogens (tertiary/aromatic N) is 4. The summed E-state index contributed by atoms with van der Waals surface area (Å²) in [5, 5.41) is 31.7. The summed E-state index contributed by atoms with van der Waals surface area (Å²) >= 11 is 6.15. The molecular formula is C33H34ClN7O2. The Hall–Kier alpha value is -4.73. The molecule has 5 aromatic rings. The summed E-state index contributed by atoms with van der Waals surface area (Å²) in [6.07, 6.45) is 0.513. The van der Waals surface area contributed by atoms with Crippen molar-refractivity contribution < 1.29 is 9.90 Å². The van der Waals surface area contributed by atoms with Crippen molar-refractivity contribution in [1.82, 2.24) is 20.6 Å². The number of benzene rings is 4. The fraction of sp³-hybridized carbons (Fsp3) is 0.212. The first-order chi connectivity index (χ1) is 20.6. The second kappa shape index (κ2) is 13.1. The first-order valence-electron chi connectivity index (χ1n) is 14.0. The van der Waals surface area contributed by atoms with E-state index in [1.165, 1.54) is 0 Å². The topological polar surface area (TPSA) is 119 Å². The first-order valence-corrected chi connectivity index (χ1v) is 14.4. The van der Waals surface area contributed by atoms with E-state index in [1.807, 2.05) is 97.9 Å². The van der Waals surface area contributed by atoms with Crippen LogP contribution in [0.2, 0.25) is 5.02 Å². The summed E-state index contributed by atoms with van der Waals surface area (Å²) in [5.74, 6) is 0.542. The summed E-state index contributed by atoms with van der Waals surface area (Å²) in [6.45, 7) is 6.67. The van der Waals surface area contributed by atoms with Crippen LogP contribution in [0.1, 0.15) is 31.4 Å². The molecule has 0 fully saturated rings. The lowest BCUT2D eigenvalue weighted by Gasteiger charge is -2.30. The number of carbonyl (C=O) groups is 1. The summed E-state index contributed by atoms with van der Waals surface area (Å²) in [7, 11) is 0. The third kappa shape index (κ3) is 7.97. The molecular weight excluding hydrogens is 562 g/mol. The van der Waals surface area contributed by atoms with Gasteiger partial charge in [0.25, 0.3) is 0 Å². The molecule has 0 aliphatic rings. The molecule has 4 aromatic carbocycles. The van der Waals surface area contributed by atoms with Crippen molar-refractivity contribution in [3.05, 3.63) is 107 Å².